The van der Waals surface area contributed by atoms with Crippen molar-refractivity contribution in [2.24, 2.45) is 5.92 Å². The molecule has 0 unspecified atom stereocenters. The van der Waals surface area contributed by atoms with E-state index < -0.39 is 0 Å². The first-order chi connectivity index (χ1) is 7.34. The Morgan fingerprint density at radius 1 is 1.47 bits per heavy atom. The van der Waals surface area contributed by atoms with Crippen molar-refractivity contribution < 1.29 is 4.74 Å². The molecule has 1 aromatic rings. The van der Waals surface area contributed by atoms with E-state index in [1.165, 1.54) is 6.42 Å². The summed E-state index contributed by atoms with van der Waals surface area (Å²) in [5.41, 5.74) is 0.824. The van der Waals surface area contributed by atoms with Crippen LogP contribution in [0.15, 0.2) is 12.1 Å². The maximum absolute atomic E-state index is 5.63. The van der Waals surface area contributed by atoms with E-state index in [-0.39, 0.29) is 0 Å². The molecule has 2 rings (SSSR count). The highest BCUT2D eigenvalue weighted by Gasteiger charge is 2.14. The molecular formula is C10H14ClN3O. The minimum atomic E-state index is 0.416. The molecule has 5 heteroatoms. The number of halogens is 1. The third-order valence-corrected chi connectivity index (χ3v) is 2.65. The van der Waals surface area contributed by atoms with Crippen molar-refractivity contribution in [1.82, 2.24) is 15.5 Å². The zero-order valence-corrected chi connectivity index (χ0v) is 9.20. The SMILES string of the molecule is Clc1ccc(COC[C@@H]2CCNC2)nn1. The Kier molecular flexibility index (Phi) is 3.88. The Labute approximate surface area is 94.0 Å². The van der Waals surface area contributed by atoms with Crippen molar-refractivity contribution in [2.45, 2.75) is 13.0 Å². The average Bonchev–Trinajstić information content (AvgIpc) is 2.74. The van der Waals surface area contributed by atoms with Crippen molar-refractivity contribution in [1.29, 1.82) is 0 Å². The summed E-state index contributed by atoms with van der Waals surface area (Å²) >= 11 is 5.63. The van der Waals surface area contributed by atoms with Gasteiger partial charge in [0.05, 0.1) is 18.9 Å². The molecule has 1 aliphatic heterocycles. The molecule has 1 aliphatic rings. The van der Waals surface area contributed by atoms with E-state index in [0.717, 1.165) is 25.4 Å². The smallest absolute Gasteiger partial charge is 0.151 e. The highest BCUT2D eigenvalue weighted by molar-refractivity contribution is 6.29. The number of hydrogen-bond donors (Lipinski definition) is 1. The molecule has 0 aliphatic carbocycles. The number of nitrogens with zero attached hydrogens (tertiary/aromatic N) is 2. The fraction of sp³-hybridized carbons (Fsp3) is 0.600. The van der Waals surface area contributed by atoms with Crippen molar-refractivity contribution in [3.05, 3.63) is 23.0 Å². The molecule has 82 valence electrons. The van der Waals surface area contributed by atoms with E-state index in [1.807, 2.05) is 6.07 Å². The molecule has 0 bridgehead atoms. The number of nitrogens with one attached hydrogen (secondary N) is 1. The van der Waals surface area contributed by atoms with Gasteiger partial charge in [0.15, 0.2) is 5.15 Å². The Morgan fingerprint density at radius 3 is 3.07 bits per heavy atom. The van der Waals surface area contributed by atoms with Crippen LogP contribution in [0.5, 0.6) is 0 Å². The zero-order valence-electron chi connectivity index (χ0n) is 8.45. The molecule has 0 amide bonds. The minimum Gasteiger partial charge on any atom is -0.375 e. The summed E-state index contributed by atoms with van der Waals surface area (Å²) in [5, 5.41) is 11.4. The van der Waals surface area contributed by atoms with Gasteiger partial charge in [0.25, 0.3) is 0 Å². The van der Waals surface area contributed by atoms with Gasteiger partial charge in [-0.15, -0.1) is 5.10 Å². The molecule has 15 heavy (non-hydrogen) atoms. The average molecular weight is 228 g/mol. The lowest BCUT2D eigenvalue weighted by Crippen LogP contribution is -2.14. The second-order valence-electron chi connectivity index (χ2n) is 3.72. The van der Waals surface area contributed by atoms with Gasteiger partial charge in [0.2, 0.25) is 0 Å². The molecule has 0 aromatic carbocycles. The summed E-state index contributed by atoms with van der Waals surface area (Å²) in [6, 6.07) is 3.56. The number of aromatic nitrogens is 2. The molecule has 0 saturated carbocycles. The Hall–Kier alpha value is -0.710. The lowest BCUT2D eigenvalue weighted by atomic mass is 10.1. The van der Waals surface area contributed by atoms with Crippen LogP contribution in [0.25, 0.3) is 0 Å². The van der Waals surface area contributed by atoms with E-state index >= 15 is 0 Å². The molecule has 1 atom stereocenters. The normalized spacial score (nSPS) is 20.7. The highest BCUT2D eigenvalue weighted by atomic mass is 35.5. The molecule has 1 fully saturated rings. The summed E-state index contributed by atoms with van der Waals surface area (Å²) < 4.78 is 5.56. The van der Waals surface area contributed by atoms with Gasteiger partial charge in [0.1, 0.15) is 0 Å². The molecule has 1 aromatic heterocycles. The van der Waals surface area contributed by atoms with Crippen molar-refractivity contribution in [3.63, 3.8) is 0 Å². The van der Waals surface area contributed by atoms with Gasteiger partial charge < -0.3 is 10.1 Å². The van der Waals surface area contributed by atoms with E-state index in [9.17, 15) is 0 Å². The van der Waals surface area contributed by atoms with Gasteiger partial charge in [0, 0.05) is 6.54 Å². The Balaban J connectivity index is 1.71. The highest BCUT2D eigenvalue weighted by Crippen LogP contribution is 2.09. The van der Waals surface area contributed by atoms with Crippen LogP contribution >= 0.6 is 11.6 Å². The van der Waals surface area contributed by atoms with Crippen molar-refractivity contribution in [3.8, 4) is 0 Å². The van der Waals surface area contributed by atoms with E-state index in [4.69, 9.17) is 16.3 Å². The van der Waals surface area contributed by atoms with Crippen LogP contribution < -0.4 is 5.32 Å². The molecule has 1 N–H and O–H groups in total. The topological polar surface area (TPSA) is 47.0 Å². The van der Waals surface area contributed by atoms with E-state index in [0.29, 0.717) is 17.7 Å². The molecule has 2 heterocycles. The maximum atomic E-state index is 5.63. The van der Waals surface area contributed by atoms with E-state index in [1.54, 1.807) is 6.07 Å². The molecular weight excluding hydrogens is 214 g/mol. The predicted molar refractivity (Wildman–Crippen MR) is 57.7 cm³/mol. The molecule has 4 nitrogen and oxygen atoms in total. The lowest BCUT2D eigenvalue weighted by Gasteiger charge is -2.08. The van der Waals surface area contributed by atoms with Crippen LogP contribution in [0.1, 0.15) is 12.1 Å². The number of hydrogen-bond acceptors (Lipinski definition) is 4. The fourth-order valence-electron chi connectivity index (χ4n) is 1.61. The Morgan fingerprint density at radius 2 is 2.40 bits per heavy atom. The van der Waals surface area contributed by atoms with Crippen LogP contribution in [0.3, 0.4) is 0 Å². The standard InChI is InChI=1S/C10H14ClN3O/c11-10-2-1-9(13-14-10)7-15-6-8-3-4-12-5-8/h1-2,8,12H,3-7H2/t8-/m1/s1. The van der Waals surface area contributed by atoms with Gasteiger partial charge in [-0.2, -0.15) is 5.10 Å². The van der Waals surface area contributed by atoms with Crippen LogP contribution in [0.4, 0.5) is 0 Å². The lowest BCUT2D eigenvalue weighted by molar-refractivity contribution is 0.0898. The summed E-state index contributed by atoms with van der Waals surface area (Å²) in [6.45, 7) is 3.47. The maximum Gasteiger partial charge on any atom is 0.151 e. The van der Waals surface area contributed by atoms with Gasteiger partial charge in [-0.05, 0) is 31.0 Å². The van der Waals surface area contributed by atoms with Crippen LogP contribution in [0, 0.1) is 5.92 Å². The second-order valence-corrected chi connectivity index (χ2v) is 4.11. The summed E-state index contributed by atoms with van der Waals surface area (Å²) in [4.78, 5) is 0. The van der Waals surface area contributed by atoms with Crippen LogP contribution in [-0.4, -0.2) is 29.9 Å². The van der Waals surface area contributed by atoms with Gasteiger partial charge in [-0.1, -0.05) is 11.6 Å². The molecule has 0 radical (unpaired) electrons. The van der Waals surface area contributed by atoms with Crippen molar-refractivity contribution in [2.75, 3.05) is 19.7 Å². The predicted octanol–water partition coefficient (Wildman–Crippen LogP) is 1.26. The van der Waals surface area contributed by atoms with E-state index in [2.05, 4.69) is 15.5 Å². The van der Waals surface area contributed by atoms with Gasteiger partial charge in [-0.25, -0.2) is 0 Å². The molecule has 1 saturated heterocycles. The number of rotatable bonds is 4. The summed E-state index contributed by atoms with van der Waals surface area (Å²) in [5.74, 6) is 0.644. The first kappa shape index (κ1) is 10.8. The zero-order chi connectivity index (χ0) is 10.5. The fourth-order valence-corrected chi connectivity index (χ4v) is 1.71. The van der Waals surface area contributed by atoms with Crippen LogP contribution in [0.2, 0.25) is 5.15 Å². The first-order valence-electron chi connectivity index (χ1n) is 5.11. The quantitative estimate of drug-likeness (QED) is 0.841. The third-order valence-electron chi connectivity index (χ3n) is 2.45. The first-order valence-corrected chi connectivity index (χ1v) is 5.49. The summed E-state index contributed by atoms with van der Waals surface area (Å²) in [7, 11) is 0. The number of ether oxygens (including phenoxy) is 1. The second kappa shape index (κ2) is 5.39. The molecule has 0 spiro atoms. The monoisotopic (exact) mass is 227 g/mol. The summed E-state index contributed by atoms with van der Waals surface area (Å²) in [6.07, 6.45) is 1.20. The largest absolute Gasteiger partial charge is 0.375 e. The minimum absolute atomic E-state index is 0.416. The Bertz CT molecular complexity index is 298. The third kappa shape index (κ3) is 3.41. The van der Waals surface area contributed by atoms with Crippen LogP contribution in [-0.2, 0) is 11.3 Å². The van der Waals surface area contributed by atoms with Gasteiger partial charge in [-0.3, -0.25) is 0 Å². The van der Waals surface area contributed by atoms with Crippen molar-refractivity contribution >= 4 is 11.6 Å². The van der Waals surface area contributed by atoms with Gasteiger partial charge >= 0.3 is 0 Å².